The Labute approximate surface area is 87.3 Å². The zero-order valence-electron chi connectivity index (χ0n) is 8.34. The molecule has 1 aromatic rings. The Hall–Kier alpha value is -1.59. The predicted molar refractivity (Wildman–Crippen MR) is 55.8 cm³/mol. The van der Waals surface area contributed by atoms with E-state index in [0.29, 0.717) is 16.8 Å². The molecule has 0 saturated carbocycles. The number of rotatable bonds is 3. The fourth-order valence-corrected chi connectivity index (χ4v) is 1.32. The molecule has 2 atom stereocenters. The van der Waals surface area contributed by atoms with Crippen LogP contribution in [0, 0.1) is 6.92 Å². The number of amides is 1. The SMILES string of the molecule is Cc1c(N)cccc1C(O)C(O)C(N)=O. The van der Waals surface area contributed by atoms with Crippen LogP contribution in [0.25, 0.3) is 0 Å². The van der Waals surface area contributed by atoms with Crippen LogP contribution in [-0.2, 0) is 4.79 Å². The summed E-state index contributed by atoms with van der Waals surface area (Å²) in [5.41, 5.74) is 12.0. The van der Waals surface area contributed by atoms with Crippen LogP contribution in [0.15, 0.2) is 18.2 Å². The smallest absolute Gasteiger partial charge is 0.249 e. The third-order valence-electron chi connectivity index (χ3n) is 2.33. The summed E-state index contributed by atoms with van der Waals surface area (Å²) in [7, 11) is 0. The average molecular weight is 210 g/mol. The second-order valence-electron chi connectivity index (χ2n) is 3.35. The maximum Gasteiger partial charge on any atom is 0.249 e. The third kappa shape index (κ3) is 2.26. The zero-order valence-corrected chi connectivity index (χ0v) is 8.34. The van der Waals surface area contributed by atoms with E-state index < -0.39 is 18.1 Å². The predicted octanol–water partition coefficient (Wildman–Crippen LogP) is -0.543. The number of primary amides is 1. The molecule has 6 N–H and O–H groups in total. The minimum absolute atomic E-state index is 0.404. The molecule has 1 amide bonds. The van der Waals surface area contributed by atoms with Crippen LogP contribution in [0.2, 0.25) is 0 Å². The van der Waals surface area contributed by atoms with Crippen molar-refractivity contribution in [2.24, 2.45) is 5.73 Å². The number of carbonyl (C=O) groups is 1. The molecular formula is C10H14N2O3. The molecule has 2 unspecified atom stereocenters. The molecule has 0 heterocycles. The van der Waals surface area contributed by atoms with E-state index in [1.165, 1.54) is 0 Å². The van der Waals surface area contributed by atoms with Gasteiger partial charge in [0.15, 0.2) is 6.10 Å². The van der Waals surface area contributed by atoms with E-state index in [1.807, 2.05) is 0 Å². The molecule has 1 rings (SSSR count). The normalized spacial score (nSPS) is 14.6. The lowest BCUT2D eigenvalue weighted by Gasteiger charge is -2.18. The van der Waals surface area contributed by atoms with Crippen molar-refractivity contribution in [1.82, 2.24) is 0 Å². The van der Waals surface area contributed by atoms with E-state index in [2.05, 4.69) is 0 Å². The standard InChI is InChI=1S/C10H14N2O3/c1-5-6(3-2-4-7(5)11)8(13)9(14)10(12)15/h2-4,8-9,13-14H,11H2,1H3,(H2,12,15). The van der Waals surface area contributed by atoms with E-state index in [1.54, 1.807) is 25.1 Å². The Bertz CT molecular complexity index is 379. The average Bonchev–Trinajstić information content (AvgIpc) is 2.20. The first kappa shape index (κ1) is 11.5. The molecule has 1 aromatic carbocycles. The fourth-order valence-electron chi connectivity index (χ4n) is 1.32. The minimum Gasteiger partial charge on any atom is -0.399 e. The maximum absolute atomic E-state index is 10.7. The molecule has 82 valence electrons. The van der Waals surface area contributed by atoms with Crippen molar-refractivity contribution in [2.75, 3.05) is 5.73 Å². The lowest BCUT2D eigenvalue weighted by Crippen LogP contribution is -2.34. The molecule has 0 saturated heterocycles. The van der Waals surface area contributed by atoms with Gasteiger partial charge in [0.1, 0.15) is 6.10 Å². The van der Waals surface area contributed by atoms with E-state index >= 15 is 0 Å². The molecule has 0 aliphatic carbocycles. The van der Waals surface area contributed by atoms with Crippen LogP contribution in [0.4, 0.5) is 5.69 Å². The summed E-state index contributed by atoms with van der Waals surface area (Å²) in [4.78, 5) is 10.7. The molecule has 0 spiro atoms. The minimum atomic E-state index is -1.62. The van der Waals surface area contributed by atoms with Crippen molar-refractivity contribution in [3.63, 3.8) is 0 Å². The van der Waals surface area contributed by atoms with Gasteiger partial charge in [-0.1, -0.05) is 12.1 Å². The van der Waals surface area contributed by atoms with Crippen molar-refractivity contribution in [1.29, 1.82) is 0 Å². The maximum atomic E-state index is 10.7. The van der Waals surface area contributed by atoms with Crippen LogP contribution >= 0.6 is 0 Å². The van der Waals surface area contributed by atoms with Crippen LogP contribution in [0.5, 0.6) is 0 Å². The number of anilines is 1. The summed E-state index contributed by atoms with van der Waals surface area (Å²) in [6, 6.07) is 4.89. The van der Waals surface area contributed by atoms with E-state index in [0.717, 1.165) is 0 Å². The van der Waals surface area contributed by atoms with Crippen molar-refractivity contribution in [3.05, 3.63) is 29.3 Å². The zero-order chi connectivity index (χ0) is 11.6. The molecule has 5 nitrogen and oxygen atoms in total. The van der Waals surface area contributed by atoms with Gasteiger partial charge < -0.3 is 21.7 Å². The second-order valence-corrected chi connectivity index (χ2v) is 3.35. The summed E-state index contributed by atoms with van der Waals surface area (Å²) in [6.45, 7) is 1.70. The number of aliphatic hydroxyl groups is 2. The Morgan fingerprint density at radius 1 is 1.40 bits per heavy atom. The molecule has 0 fully saturated rings. The highest BCUT2D eigenvalue weighted by Crippen LogP contribution is 2.24. The van der Waals surface area contributed by atoms with Gasteiger partial charge in [-0.25, -0.2) is 0 Å². The molecule has 0 aromatic heterocycles. The first-order chi connectivity index (χ1) is 6.95. The quantitative estimate of drug-likeness (QED) is 0.502. The van der Waals surface area contributed by atoms with Crippen LogP contribution in [-0.4, -0.2) is 22.2 Å². The van der Waals surface area contributed by atoms with Gasteiger partial charge in [-0.2, -0.15) is 0 Å². The van der Waals surface area contributed by atoms with Gasteiger partial charge >= 0.3 is 0 Å². The molecule has 0 aliphatic rings. The van der Waals surface area contributed by atoms with Gasteiger partial charge in [0.05, 0.1) is 0 Å². The highest BCUT2D eigenvalue weighted by Gasteiger charge is 2.24. The van der Waals surface area contributed by atoms with Gasteiger partial charge in [-0.05, 0) is 24.1 Å². The largest absolute Gasteiger partial charge is 0.399 e. The van der Waals surface area contributed by atoms with Crippen LogP contribution in [0.1, 0.15) is 17.2 Å². The van der Waals surface area contributed by atoms with E-state index in [9.17, 15) is 15.0 Å². The Morgan fingerprint density at radius 2 is 2.00 bits per heavy atom. The monoisotopic (exact) mass is 210 g/mol. The van der Waals surface area contributed by atoms with Crippen molar-refractivity contribution >= 4 is 11.6 Å². The summed E-state index contributed by atoms with van der Waals surface area (Å²) < 4.78 is 0. The highest BCUT2D eigenvalue weighted by atomic mass is 16.3. The lowest BCUT2D eigenvalue weighted by molar-refractivity contribution is -0.131. The molecule has 15 heavy (non-hydrogen) atoms. The van der Waals surface area contributed by atoms with Gasteiger partial charge in [0.25, 0.3) is 0 Å². The van der Waals surface area contributed by atoms with Crippen LogP contribution in [0.3, 0.4) is 0 Å². The van der Waals surface area contributed by atoms with Gasteiger partial charge in [0, 0.05) is 5.69 Å². The molecule has 5 heteroatoms. The first-order valence-electron chi connectivity index (χ1n) is 4.45. The second kappa shape index (κ2) is 4.29. The van der Waals surface area contributed by atoms with Gasteiger partial charge in [0.2, 0.25) is 5.91 Å². The van der Waals surface area contributed by atoms with Gasteiger partial charge in [-0.3, -0.25) is 4.79 Å². The van der Waals surface area contributed by atoms with Crippen LogP contribution < -0.4 is 11.5 Å². The Kier molecular flexibility index (Phi) is 3.28. The number of nitrogen functional groups attached to an aromatic ring is 1. The van der Waals surface area contributed by atoms with E-state index in [-0.39, 0.29) is 0 Å². The summed E-state index contributed by atoms with van der Waals surface area (Å²) in [5.74, 6) is -0.968. The first-order valence-corrected chi connectivity index (χ1v) is 4.45. The lowest BCUT2D eigenvalue weighted by atomic mass is 9.98. The van der Waals surface area contributed by atoms with Crippen molar-refractivity contribution in [2.45, 2.75) is 19.1 Å². The summed E-state index contributed by atoms with van der Waals surface area (Å²) in [5, 5.41) is 19.0. The Morgan fingerprint density at radius 3 is 2.53 bits per heavy atom. The number of hydrogen-bond donors (Lipinski definition) is 4. The number of hydrogen-bond acceptors (Lipinski definition) is 4. The molecule has 0 aliphatic heterocycles. The number of carbonyl (C=O) groups excluding carboxylic acids is 1. The highest BCUT2D eigenvalue weighted by molar-refractivity contribution is 5.79. The number of aliphatic hydroxyl groups excluding tert-OH is 2. The summed E-state index contributed by atoms with van der Waals surface area (Å²) in [6.07, 6.45) is -2.96. The molecule has 0 bridgehead atoms. The van der Waals surface area contributed by atoms with E-state index in [4.69, 9.17) is 11.5 Å². The van der Waals surface area contributed by atoms with Crippen molar-refractivity contribution in [3.8, 4) is 0 Å². The summed E-state index contributed by atoms with van der Waals surface area (Å²) >= 11 is 0. The fraction of sp³-hybridized carbons (Fsp3) is 0.300. The van der Waals surface area contributed by atoms with Gasteiger partial charge in [-0.15, -0.1) is 0 Å². The molecule has 0 radical (unpaired) electrons. The van der Waals surface area contributed by atoms with Crippen molar-refractivity contribution < 1.29 is 15.0 Å². The third-order valence-corrected chi connectivity index (χ3v) is 2.33. The number of benzene rings is 1. The number of nitrogens with two attached hydrogens (primary N) is 2. The molecular weight excluding hydrogens is 196 g/mol. The topological polar surface area (TPSA) is 110 Å². The Balaban J connectivity index is 3.06.